The molecule has 19 heavy (non-hydrogen) atoms. The van der Waals surface area contributed by atoms with E-state index in [1.54, 1.807) is 11.2 Å². The fourth-order valence-corrected chi connectivity index (χ4v) is 2.36. The van der Waals surface area contributed by atoms with Crippen molar-refractivity contribution in [1.29, 1.82) is 0 Å². The number of hydrogen-bond donors (Lipinski definition) is 1. The smallest absolute Gasteiger partial charge is 0.294 e. The molecule has 0 saturated heterocycles. The van der Waals surface area contributed by atoms with Gasteiger partial charge in [0, 0.05) is 18.7 Å². The van der Waals surface area contributed by atoms with Crippen LogP contribution in [0.4, 0.5) is 11.4 Å². The van der Waals surface area contributed by atoms with Crippen LogP contribution < -0.4 is 10.2 Å². The molecule has 0 unspecified atom stereocenters. The van der Waals surface area contributed by atoms with E-state index in [1.807, 2.05) is 37.3 Å². The summed E-state index contributed by atoms with van der Waals surface area (Å²) in [5.41, 5.74) is 2.79. The van der Waals surface area contributed by atoms with Crippen molar-refractivity contribution in [3.05, 3.63) is 47.9 Å². The minimum absolute atomic E-state index is 0.0707. The number of fused-ring (bicyclic) bond motifs is 1. The fraction of sp³-hybridized carbons (Fsp3) is 0.267. The van der Waals surface area contributed by atoms with Crippen LogP contribution >= 0.6 is 0 Å². The van der Waals surface area contributed by atoms with E-state index >= 15 is 0 Å². The molecule has 1 N–H and O–H groups in total. The lowest BCUT2D eigenvalue weighted by Crippen LogP contribution is -2.31. The maximum absolute atomic E-state index is 12.6. The molecule has 0 radical (unpaired) electrons. The number of carbonyl (C=O) groups excluding carboxylic acids is 1. The van der Waals surface area contributed by atoms with Crippen molar-refractivity contribution in [3.8, 4) is 0 Å². The van der Waals surface area contributed by atoms with E-state index < -0.39 is 0 Å². The van der Waals surface area contributed by atoms with Crippen LogP contribution in [0.5, 0.6) is 0 Å². The van der Waals surface area contributed by atoms with E-state index in [4.69, 9.17) is 4.42 Å². The average Bonchev–Trinajstić information content (AvgIpc) is 2.74. The van der Waals surface area contributed by atoms with E-state index in [0.29, 0.717) is 12.3 Å². The van der Waals surface area contributed by atoms with Crippen LogP contribution in [0.3, 0.4) is 0 Å². The van der Waals surface area contributed by atoms with Gasteiger partial charge < -0.3 is 14.6 Å². The van der Waals surface area contributed by atoms with Crippen LogP contribution in [-0.4, -0.2) is 19.0 Å². The second-order valence-electron chi connectivity index (χ2n) is 4.69. The molecule has 2 heterocycles. The van der Waals surface area contributed by atoms with Crippen LogP contribution in [0.1, 0.15) is 22.5 Å². The van der Waals surface area contributed by atoms with E-state index in [0.717, 1.165) is 29.9 Å². The Bertz CT molecular complexity index is 604. The van der Waals surface area contributed by atoms with Gasteiger partial charge >= 0.3 is 0 Å². The summed E-state index contributed by atoms with van der Waals surface area (Å²) < 4.78 is 5.32. The first-order valence-electron chi connectivity index (χ1n) is 6.46. The summed E-state index contributed by atoms with van der Waals surface area (Å²) >= 11 is 0. The topological polar surface area (TPSA) is 45.5 Å². The van der Waals surface area contributed by atoms with Crippen molar-refractivity contribution >= 4 is 17.3 Å². The molecule has 0 saturated carbocycles. The normalized spacial score (nSPS) is 14.5. The second-order valence-corrected chi connectivity index (χ2v) is 4.69. The Hall–Kier alpha value is -2.23. The molecule has 0 spiro atoms. The predicted molar refractivity (Wildman–Crippen MR) is 74.7 cm³/mol. The van der Waals surface area contributed by atoms with Gasteiger partial charge in [-0.3, -0.25) is 4.79 Å². The van der Waals surface area contributed by atoms with Crippen LogP contribution in [-0.2, 0) is 0 Å². The zero-order chi connectivity index (χ0) is 13.2. The molecular weight excluding hydrogens is 240 g/mol. The molecule has 1 aliphatic rings. The van der Waals surface area contributed by atoms with Crippen molar-refractivity contribution in [2.45, 2.75) is 13.3 Å². The number of para-hydroxylation sites is 2. The zero-order valence-corrected chi connectivity index (χ0v) is 10.8. The predicted octanol–water partition coefficient (Wildman–Crippen LogP) is 3.05. The summed E-state index contributed by atoms with van der Waals surface area (Å²) in [6.45, 7) is 3.46. The summed E-state index contributed by atoms with van der Waals surface area (Å²) in [5.74, 6) is 0.357. The molecule has 1 aromatic heterocycles. The summed E-state index contributed by atoms with van der Waals surface area (Å²) in [6.07, 6.45) is 2.48. The van der Waals surface area contributed by atoms with Gasteiger partial charge in [-0.15, -0.1) is 0 Å². The van der Waals surface area contributed by atoms with E-state index in [-0.39, 0.29) is 5.91 Å². The molecule has 0 aliphatic carbocycles. The molecule has 1 amide bonds. The first-order chi connectivity index (χ1) is 9.27. The maximum Gasteiger partial charge on any atom is 0.294 e. The van der Waals surface area contributed by atoms with Gasteiger partial charge in [0.1, 0.15) is 0 Å². The molecule has 98 valence electrons. The number of benzene rings is 1. The van der Waals surface area contributed by atoms with Gasteiger partial charge in [0.25, 0.3) is 5.91 Å². The zero-order valence-electron chi connectivity index (χ0n) is 10.8. The number of carbonyl (C=O) groups is 1. The number of nitrogens with zero attached hydrogens (tertiary/aromatic N) is 1. The van der Waals surface area contributed by atoms with E-state index in [1.165, 1.54) is 0 Å². The number of hydrogen-bond acceptors (Lipinski definition) is 3. The molecule has 3 rings (SSSR count). The van der Waals surface area contributed by atoms with Crippen LogP contribution in [0.15, 0.2) is 41.0 Å². The molecule has 4 nitrogen and oxygen atoms in total. The highest BCUT2D eigenvalue weighted by Crippen LogP contribution is 2.29. The second kappa shape index (κ2) is 4.80. The Balaban J connectivity index is 2.01. The quantitative estimate of drug-likeness (QED) is 0.853. The Kier molecular flexibility index (Phi) is 2.99. The summed E-state index contributed by atoms with van der Waals surface area (Å²) in [6, 6.07) is 9.69. The first-order valence-corrected chi connectivity index (χ1v) is 6.46. The lowest BCUT2D eigenvalue weighted by atomic mass is 10.2. The van der Waals surface area contributed by atoms with Gasteiger partial charge in [-0.1, -0.05) is 12.1 Å². The third-order valence-electron chi connectivity index (χ3n) is 3.37. The number of amides is 1. The average molecular weight is 256 g/mol. The third-order valence-corrected chi connectivity index (χ3v) is 3.37. The lowest BCUT2D eigenvalue weighted by molar-refractivity contribution is 0.0960. The highest BCUT2D eigenvalue weighted by Gasteiger charge is 2.25. The molecule has 0 atom stereocenters. The standard InChI is InChI=1S/C15H16N2O2/c1-11-7-10-19-14(11)15(18)17-9-4-8-16-12-5-2-3-6-13(12)17/h2-3,5-7,10,16H,4,8-9H2,1H3. The van der Waals surface area contributed by atoms with Crippen molar-refractivity contribution < 1.29 is 9.21 Å². The van der Waals surface area contributed by atoms with Gasteiger partial charge in [-0.05, 0) is 31.5 Å². The molecule has 4 heteroatoms. The largest absolute Gasteiger partial charge is 0.459 e. The molecule has 1 aromatic carbocycles. The van der Waals surface area contributed by atoms with Crippen molar-refractivity contribution in [3.63, 3.8) is 0 Å². The van der Waals surface area contributed by atoms with Crippen LogP contribution in [0.25, 0.3) is 0 Å². The monoisotopic (exact) mass is 256 g/mol. The minimum atomic E-state index is -0.0707. The number of anilines is 2. The van der Waals surface area contributed by atoms with Gasteiger partial charge in [-0.25, -0.2) is 0 Å². The Labute approximate surface area is 112 Å². The van der Waals surface area contributed by atoms with Crippen molar-refractivity contribution in [2.75, 3.05) is 23.3 Å². The molecule has 0 bridgehead atoms. The molecule has 2 aromatic rings. The minimum Gasteiger partial charge on any atom is -0.459 e. The van der Waals surface area contributed by atoms with Crippen LogP contribution in [0, 0.1) is 6.92 Å². The lowest BCUT2D eigenvalue weighted by Gasteiger charge is -2.21. The highest BCUT2D eigenvalue weighted by atomic mass is 16.3. The molecule has 0 fully saturated rings. The molecule has 1 aliphatic heterocycles. The fourth-order valence-electron chi connectivity index (χ4n) is 2.36. The number of nitrogens with one attached hydrogen (secondary N) is 1. The van der Waals surface area contributed by atoms with E-state index in [2.05, 4.69) is 5.32 Å². The van der Waals surface area contributed by atoms with Gasteiger partial charge in [-0.2, -0.15) is 0 Å². The summed E-state index contributed by atoms with van der Waals surface area (Å²) in [5, 5.41) is 3.35. The van der Waals surface area contributed by atoms with Crippen molar-refractivity contribution in [2.24, 2.45) is 0 Å². The van der Waals surface area contributed by atoms with Gasteiger partial charge in [0.2, 0.25) is 0 Å². The van der Waals surface area contributed by atoms with Crippen LogP contribution in [0.2, 0.25) is 0 Å². The highest BCUT2D eigenvalue weighted by molar-refractivity contribution is 6.07. The number of rotatable bonds is 1. The van der Waals surface area contributed by atoms with Crippen molar-refractivity contribution in [1.82, 2.24) is 0 Å². The maximum atomic E-state index is 12.6. The van der Waals surface area contributed by atoms with Gasteiger partial charge in [0.05, 0.1) is 17.6 Å². The van der Waals surface area contributed by atoms with Gasteiger partial charge in [0.15, 0.2) is 5.76 Å². The first kappa shape index (κ1) is 11.8. The summed E-state index contributed by atoms with van der Waals surface area (Å²) in [7, 11) is 0. The Morgan fingerprint density at radius 2 is 2.16 bits per heavy atom. The van der Waals surface area contributed by atoms with E-state index in [9.17, 15) is 4.79 Å². The number of aryl methyl sites for hydroxylation is 1. The number of furan rings is 1. The third kappa shape index (κ3) is 2.10. The Morgan fingerprint density at radius 3 is 2.95 bits per heavy atom. The SMILES string of the molecule is Cc1ccoc1C(=O)N1CCCNc2ccccc21. The summed E-state index contributed by atoms with van der Waals surface area (Å²) in [4.78, 5) is 14.4. The molecular formula is C15H16N2O2. The Morgan fingerprint density at radius 1 is 1.32 bits per heavy atom.